The van der Waals surface area contributed by atoms with Crippen molar-refractivity contribution < 1.29 is 52.9 Å². The van der Waals surface area contributed by atoms with E-state index < -0.39 is 66.1 Å². The molecule has 2 heterocycles. The van der Waals surface area contributed by atoms with Gasteiger partial charge in [-0.05, 0) is 85.2 Å². The molecule has 7 amide bonds. The maximum Gasteiger partial charge on any atom is 0.326 e. The Morgan fingerprint density at radius 2 is 1.46 bits per heavy atom. The predicted octanol–water partition coefficient (Wildman–Crippen LogP) is 9.18. The van der Waals surface area contributed by atoms with Crippen molar-refractivity contribution in [3.63, 3.8) is 0 Å². The number of amides is 7. The largest absolute Gasteiger partial charge is 0.480 e. The monoisotopic (exact) mass is 1120 g/mol. The number of nitrogens with one attached hydrogen (secondary N) is 2. The summed E-state index contributed by atoms with van der Waals surface area (Å²) in [5, 5.41) is 16.0. The number of carbonyl (C=O) groups excluding carboxylic acids is 7. The highest BCUT2D eigenvalue weighted by Crippen LogP contribution is 2.40. The molecule has 3 N–H and O–H groups in total. The number of ether oxygens (including phenoxy) is 2. The van der Waals surface area contributed by atoms with Gasteiger partial charge in [-0.2, -0.15) is 0 Å². The summed E-state index contributed by atoms with van der Waals surface area (Å²) >= 11 is 0. The highest BCUT2D eigenvalue weighted by molar-refractivity contribution is 6.04. The van der Waals surface area contributed by atoms with Gasteiger partial charge in [0.2, 0.25) is 41.4 Å². The van der Waals surface area contributed by atoms with Gasteiger partial charge >= 0.3 is 5.97 Å². The average Bonchev–Trinajstić information content (AvgIpc) is 4.03. The molecule has 17 nitrogen and oxygen atoms in total. The zero-order valence-corrected chi connectivity index (χ0v) is 52.1. The molecule has 2 aliphatic rings. The number of unbranched alkanes of at least 4 members (excludes halogenated alkanes) is 4. The minimum atomic E-state index is -1.17. The topological polar surface area (TPSA) is 212 Å². The summed E-state index contributed by atoms with van der Waals surface area (Å²) in [6.07, 6.45) is 9.80. The van der Waals surface area contributed by atoms with Crippen molar-refractivity contribution in [1.29, 1.82) is 0 Å². The Hall–Kier alpha value is -4.90. The van der Waals surface area contributed by atoms with Gasteiger partial charge in [0.25, 0.3) is 0 Å². The summed E-state index contributed by atoms with van der Waals surface area (Å²) in [6, 6.07) is 3.86. The van der Waals surface area contributed by atoms with E-state index in [1.54, 1.807) is 30.8 Å². The number of hydrogen-bond donors (Lipinski definition) is 3. The van der Waals surface area contributed by atoms with Crippen LogP contribution in [0.15, 0.2) is 24.3 Å². The zero-order chi connectivity index (χ0) is 60.2. The second-order valence-electron chi connectivity index (χ2n) is 24.6. The van der Waals surface area contributed by atoms with Crippen LogP contribution in [0.1, 0.15) is 203 Å². The fraction of sp³-hybridized carbons (Fsp3) is 0.778. The first-order valence-corrected chi connectivity index (χ1v) is 30.4. The van der Waals surface area contributed by atoms with Gasteiger partial charge in [-0.3, -0.25) is 38.5 Å². The fourth-order valence-corrected chi connectivity index (χ4v) is 12.4. The summed E-state index contributed by atoms with van der Waals surface area (Å²) in [5.74, 6) is -4.62. The van der Waals surface area contributed by atoms with Crippen LogP contribution in [0, 0.1) is 35.0 Å². The smallest absolute Gasteiger partial charge is 0.326 e. The van der Waals surface area contributed by atoms with E-state index in [9.17, 15) is 43.5 Å². The number of rotatable bonds is 36. The molecule has 0 aliphatic carbocycles. The molecule has 454 valence electrons. The Kier molecular flexibility index (Phi) is 28.8. The van der Waals surface area contributed by atoms with E-state index in [4.69, 9.17) is 9.47 Å². The Morgan fingerprint density at radius 3 is 2.01 bits per heavy atom. The molecule has 11 atom stereocenters. The van der Waals surface area contributed by atoms with Gasteiger partial charge in [-0.1, -0.05) is 146 Å². The van der Waals surface area contributed by atoms with Gasteiger partial charge < -0.3 is 39.9 Å². The molecular formula is C63H106N6O11. The Labute approximate surface area is 481 Å². The Balaban J connectivity index is 1.68. The quantitative estimate of drug-likeness (QED) is 0.0426. The molecule has 2 saturated heterocycles. The van der Waals surface area contributed by atoms with Crippen LogP contribution >= 0.6 is 0 Å². The lowest BCUT2D eigenvalue weighted by Crippen LogP contribution is -2.60. The molecule has 0 bridgehead atoms. The lowest BCUT2D eigenvalue weighted by Gasteiger charge is -2.41. The van der Waals surface area contributed by atoms with Gasteiger partial charge in [0, 0.05) is 60.7 Å². The number of likely N-dealkylation sites (N-methyl/N-ethyl adjacent to an activating group) is 2. The number of aliphatic carboxylic acids is 1. The first-order valence-electron chi connectivity index (χ1n) is 30.4. The van der Waals surface area contributed by atoms with Crippen molar-refractivity contribution in [3.05, 3.63) is 35.4 Å². The third-order valence-corrected chi connectivity index (χ3v) is 17.7. The molecule has 2 fully saturated rings. The van der Waals surface area contributed by atoms with E-state index in [0.717, 1.165) is 50.5 Å². The van der Waals surface area contributed by atoms with E-state index in [1.165, 1.54) is 29.6 Å². The van der Waals surface area contributed by atoms with Crippen LogP contribution in [0.3, 0.4) is 0 Å². The molecular weight excluding hydrogens is 1020 g/mol. The summed E-state index contributed by atoms with van der Waals surface area (Å²) < 4.78 is 12.1. The minimum Gasteiger partial charge on any atom is -0.480 e. The average molecular weight is 1120 g/mol. The van der Waals surface area contributed by atoms with E-state index >= 15 is 0 Å². The molecule has 17 heteroatoms. The Morgan fingerprint density at radius 1 is 0.800 bits per heavy atom. The van der Waals surface area contributed by atoms with Crippen LogP contribution in [0.5, 0.6) is 0 Å². The highest BCUT2D eigenvalue weighted by Gasteiger charge is 2.47. The Bertz CT molecular complexity index is 2170. The number of carboxylic acids is 1. The maximum absolute atomic E-state index is 14.8. The molecule has 2 aliphatic heterocycles. The number of carboxylic acid groups (broad SMARTS) is 1. The minimum absolute atomic E-state index is 0.0818. The summed E-state index contributed by atoms with van der Waals surface area (Å²) in [6.45, 7) is 24.5. The fourth-order valence-electron chi connectivity index (χ4n) is 12.4. The first kappa shape index (κ1) is 69.4. The van der Waals surface area contributed by atoms with Gasteiger partial charge in [0.05, 0.1) is 42.5 Å². The van der Waals surface area contributed by atoms with Crippen LogP contribution < -0.4 is 10.6 Å². The standard InChI is InChI=1S/C63H106N6O11/c1-17-21-24-34-63(11,12)47-38-52(71)69(60(47)75)35-25-22-23-29-51(70)66(13)55(41(7)8)59(74)65-54(40(5)6)61(76)67(14)56(42(9)19-3)50(79-15)39-53(72)68-36-26-28-49(68)57(80-16)43(10)58(73)64-48(62(77)78)37-44-30-32-46(33-31-44)45(20-4)27-18-2/h30-33,40-43,45,47-50,54-57H,17-29,34-39H2,1-16H3,(H,64,73)(H,65,74)(H,77,78)/t42-,43+,45?,47?,48-,49-,50+,54-,55-,56-,57+/m0/s1. The van der Waals surface area contributed by atoms with Crippen molar-refractivity contribution in [2.24, 2.45) is 35.0 Å². The van der Waals surface area contributed by atoms with Crippen LogP contribution in [0.4, 0.5) is 0 Å². The van der Waals surface area contributed by atoms with Crippen LogP contribution in [-0.2, 0) is 54.3 Å². The molecule has 0 saturated carbocycles. The molecule has 0 radical (unpaired) electrons. The van der Waals surface area contributed by atoms with Gasteiger partial charge in [0.1, 0.15) is 18.1 Å². The lowest BCUT2D eigenvalue weighted by atomic mass is 9.74. The van der Waals surface area contributed by atoms with E-state index in [1.807, 2.05) is 65.8 Å². The normalized spacial score (nSPS) is 19.3. The van der Waals surface area contributed by atoms with Crippen LogP contribution in [-0.4, -0.2) is 156 Å². The third-order valence-electron chi connectivity index (χ3n) is 17.7. The molecule has 1 aromatic carbocycles. The van der Waals surface area contributed by atoms with Gasteiger partial charge in [0.15, 0.2) is 0 Å². The van der Waals surface area contributed by atoms with Crippen molar-refractivity contribution in [3.8, 4) is 0 Å². The van der Waals surface area contributed by atoms with Gasteiger partial charge in [-0.25, -0.2) is 4.79 Å². The third kappa shape index (κ3) is 18.8. The predicted molar refractivity (Wildman–Crippen MR) is 313 cm³/mol. The number of benzene rings is 1. The highest BCUT2D eigenvalue weighted by atomic mass is 16.5. The number of methoxy groups -OCH3 is 2. The number of imide groups is 1. The molecule has 2 unspecified atom stereocenters. The summed E-state index contributed by atoms with van der Waals surface area (Å²) in [7, 11) is 6.29. The van der Waals surface area contributed by atoms with Crippen molar-refractivity contribution >= 4 is 47.3 Å². The lowest BCUT2D eigenvalue weighted by molar-refractivity contribution is -0.149. The summed E-state index contributed by atoms with van der Waals surface area (Å²) in [5.41, 5.74) is 1.76. The number of likely N-dealkylation sites (tertiary alicyclic amines) is 2. The number of hydrogen-bond acceptors (Lipinski definition) is 10. The van der Waals surface area contributed by atoms with Gasteiger partial charge in [-0.15, -0.1) is 0 Å². The summed E-state index contributed by atoms with van der Waals surface area (Å²) in [4.78, 5) is 116. The van der Waals surface area contributed by atoms with Crippen LogP contribution in [0.25, 0.3) is 0 Å². The SMILES string of the molecule is CCCCCC(C)(C)C1CC(=O)N(CCCCCC(=O)N(C)[C@H](C(=O)N[C@H](C(=O)N(C)[C@@H]([C@@H](C)CC)[C@@H](CC(=O)N2CCC[C@H]2[C@H](OC)[C@@H](C)C(=O)N[C@@H](Cc2ccc(C(CC)CCC)cc2)C(=O)O)OC)C(C)C)C(C)C)C1=O. The first-order chi connectivity index (χ1) is 37.8. The number of nitrogens with zero attached hydrogens (tertiary/aromatic N) is 4. The van der Waals surface area contributed by atoms with Crippen LogP contribution in [0.2, 0.25) is 0 Å². The number of carbonyl (C=O) groups is 8. The van der Waals surface area contributed by atoms with E-state index in [2.05, 4.69) is 45.3 Å². The van der Waals surface area contributed by atoms with E-state index in [-0.39, 0.29) is 84.3 Å². The van der Waals surface area contributed by atoms with E-state index in [0.29, 0.717) is 57.5 Å². The second-order valence-corrected chi connectivity index (χ2v) is 24.6. The molecule has 1 aromatic rings. The zero-order valence-electron chi connectivity index (χ0n) is 52.1. The molecule has 0 spiro atoms. The molecule has 3 rings (SSSR count). The molecule has 80 heavy (non-hydrogen) atoms. The van der Waals surface area contributed by atoms with Crippen molar-refractivity contribution in [2.45, 2.75) is 241 Å². The molecule has 0 aromatic heterocycles. The maximum atomic E-state index is 14.8. The van der Waals surface area contributed by atoms with Crippen molar-refractivity contribution in [1.82, 2.24) is 30.2 Å². The van der Waals surface area contributed by atoms with Crippen molar-refractivity contribution in [2.75, 3.05) is 41.4 Å². The second kappa shape index (κ2) is 33.3.